The molecule has 38 heavy (non-hydrogen) atoms. The molecule has 190 valence electrons. The average Bonchev–Trinajstić information content (AvgIpc) is 3.42. The van der Waals surface area contributed by atoms with Gasteiger partial charge in [-0.25, -0.2) is 14.8 Å². The van der Waals surface area contributed by atoms with Gasteiger partial charge in [0.05, 0.1) is 52.5 Å². The molecule has 0 radical (unpaired) electrons. The maximum Gasteiger partial charge on any atom is 0.339 e. The number of anilines is 1. The van der Waals surface area contributed by atoms with Gasteiger partial charge in [0.1, 0.15) is 0 Å². The minimum absolute atomic E-state index is 0.0220. The third-order valence-corrected chi connectivity index (χ3v) is 6.02. The number of hydrogen-bond acceptors (Lipinski definition) is 8. The summed E-state index contributed by atoms with van der Waals surface area (Å²) in [7, 11) is 0. The number of rotatable bonds is 7. The monoisotopic (exact) mass is 527 g/mol. The zero-order valence-corrected chi connectivity index (χ0v) is 21.0. The molecule has 0 bridgehead atoms. The lowest BCUT2D eigenvalue weighted by Crippen LogP contribution is -2.26. The number of nitrogen functional groups attached to an aromatic ring is 1. The number of pyridine rings is 1. The van der Waals surface area contributed by atoms with Crippen molar-refractivity contribution in [3.05, 3.63) is 89.0 Å². The zero-order chi connectivity index (χ0) is 26.6. The van der Waals surface area contributed by atoms with Crippen LogP contribution < -0.4 is 11.1 Å². The van der Waals surface area contributed by atoms with Crippen LogP contribution >= 0.6 is 11.6 Å². The van der Waals surface area contributed by atoms with Crippen molar-refractivity contribution in [2.24, 2.45) is 0 Å². The lowest BCUT2D eigenvalue weighted by Gasteiger charge is -2.14. The molecular formula is C27H22ClN7O3. The van der Waals surface area contributed by atoms with Crippen LogP contribution in [0.3, 0.4) is 0 Å². The minimum Gasteiger partial charge on any atom is -0.462 e. The van der Waals surface area contributed by atoms with Crippen LogP contribution in [-0.4, -0.2) is 43.6 Å². The number of carbonyl (C=O) groups excluding carboxylic acids is 2. The first-order valence-electron chi connectivity index (χ1n) is 11.7. The standard InChI is InChI=1S/C27H22ClN7O3/c1-2-38-27(37)16-8-9-19(30-12-16)14-31-26(36)24-25(29)34-22(15-6-4-3-5-7-15)23(33-24)17-10-18-13-32-35-21(18)20(28)11-17/h3-13H,2,14H2,1H3,(H2,29,34)(H,31,36)(H,32,35). The van der Waals surface area contributed by atoms with E-state index in [9.17, 15) is 9.59 Å². The number of carbonyl (C=O) groups is 2. The summed E-state index contributed by atoms with van der Waals surface area (Å²) in [5.74, 6) is -1.01. The summed E-state index contributed by atoms with van der Waals surface area (Å²) >= 11 is 6.49. The van der Waals surface area contributed by atoms with Gasteiger partial charge < -0.3 is 15.8 Å². The third kappa shape index (κ3) is 5.02. The maximum absolute atomic E-state index is 13.1. The zero-order valence-electron chi connectivity index (χ0n) is 20.2. The van der Waals surface area contributed by atoms with Crippen molar-refractivity contribution >= 4 is 40.2 Å². The van der Waals surface area contributed by atoms with Gasteiger partial charge in [0.25, 0.3) is 5.91 Å². The van der Waals surface area contributed by atoms with Crippen molar-refractivity contribution in [3.8, 4) is 22.5 Å². The molecule has 0 aliphatic rings. The molecule has 0 saturated carbocycles. The maximum atomic E-state index is 13.1. The van der Waals surface area contributed by atoms with Crippen molar-refractivity contribution in [2.45, 2.75) is 13.5 Å². The van der Waals surface area contributed by atoms with E-state index in [0.717, 1.165) is 10.9 Å². The quantitative estimate of drug-likeness (QED) is 0.263. The Kier molecular flexibility index (Phi) is 6.96. The molecule has 0 spiro atoms. The van der Waals surface area contributed by atoms with Crippen LogP contribution in [-0.2, 0) is 11.3 Å². The lowest BCUT2D eigenvalue weighted by molar-refractivity contribution is 0.0525. The number of ether oxygens (including phenoxy) is 1. The van der Waals surface area contributed by atoms with E-state index in [1.165, 1.54) is 6.20 Å². The molecule has 4 N–H and O–H groups in total. The number of benzene rings is 2. The number of H-pyrrole nitrogens is 1. The fraction of sp³-hybridized carbons (Fsp3) is 0.111. The Balaban J connectivity index is 1.47. The number of amides is 1. The Hall–Kier alpha value is -4.83. The van der Waals surface area contributed by atoms with Gasteiger partial charge >= 0.3 is 5.97 Å². The second-order valence-corrected chi connectivity index (χ2v) is 8.66. The SMILES string of the molecule is CCOC(=O)c1ccc(CNC(=O)c2nc(-c3cc(Cl)c4[nH]ncc4c3)c(-c3ccccc3)nc2N)nc1. The molecule has 1 amide bonds. The number of halogens is 1. The molecule has 0 atom stereocenters. The highest BCUT2D eigenvalue weighted by Gasteiger charge is 2.21. The summed E-state index contributed by atoms with van der Waals surface area (Å²) in [6.07, 6.45) is 3.06. The highest BCUT2D eigenvalue weighted by Crippen LogP contribution is 2.34. The van der Waals surface area contributed by atoms with E-state index in [1.54, 1.807) is 31.3 Å². The molecule has 2 aromatic carbocycles. The highest BCUT2D eigenvalue weighted by molar-refractivity contribution is 6.35. The Bertz CT molecular complexity index is 1640. The van der Waals surface area contributed by atoms with Crippen LogP contribution in [0.25, 0.3) is 33.4 Å². The normalized spacial score (nSPS) is 10.9. The van der Waals surface area contributed by atoms with Gasteiger partial charge in [0.2, 0.25) is 0 Å². The molecule has 0 fully saturated rings. The number of nitrogens with zero attached hydrogens (tertiary/aromatic N) is 4. The van der Waals surface area contributed by atoms with Crippen molar-refractivity contribution in [3.63, 3.8) is 0 Å². The number of fused-ring (bicyclic) bond motifs is 1. The van der Waals surface area contributed by atoms with Crippen LogP contribution in [0.2, 0.25) is 5.02 Å². The second-order valence-electron chi connectivity index (χ2n) is 8.25. The van der Waals surface area contributed by atoms with Gasteiger partial charge in [-0.1, -0.05) is 41.9 Å². The number of nitrogens with two attached hydrogens (primary N) is 1. The fourth-order valence-corrected chi connectivity index (χ4v) is 4.15. The molecule has 3 aromatic heterocycles. The number of nitrogens with one attached hydrogen (secondary N) is 2. The van der Waals surface area contributed by atoms with E-state index < -0.39 is 11.9 Å². The van der Waals surface area contributed by atoms with E-state index in [-0.39, 0.29) is 24.7 Å². The van der Waals surface area contributed by atoms with Crippen molar-refractivity contribution in [1.29, 1.82) is 0 Å². The Morgan fingerprint density at radius 3 is 2.55 bits per heavy atom. The van der Waals surface area contributed by atoms with Gasteiger partial charge in [-0.05, 0) is 31.2 Å². The first-order chi connectivity index (χ1) is 18.4. The van der Waals surface area contributed by atoms with E-state index in [2.05, 4.69) is 30.5 Å². The summed E-state index contributed by atoms with van der Waals surface area (Å²) in [6.45, 7) is 2.09. The van der Waals surface area contributed by atoms with Crippen LogP contribution in [0, 0.1) is 0 Å². The summed E-state index contributed by atoms with van der Waals surface area (Å²) < 4.78 is 4.96. The van der Waals surface area contributed by atoms with E-state index >= 15 is 0 Å². The van der Waals surface area contributed by atoms with Gasteiger partial charge in [0, 0.05) is 22.7 Å². The fourth-order valence-electron chi connectivity index (χ4n) is 3.88. The van der Waals surface area contributed by atoms with E-state index in [4.69, 9.17) is 22.1 Å². The molecule has 0 aliphatic carbocycles. The third-order valence-electron chi connectivity index (χ3n) is 5.73. The highest BCUT2D eigenvalue weighted by atomic mass is 35.5. The molecule has 11 heteroatoms. The molecule has 10 nitrogen and oxygen atoms in total. The topological polar surface area (TPSA) is 149 Å². The smallest absolute Gasteiger partial charge is 0.339 e. The Labute approximate surface area is 222 Å². The molecular weight excluding hydrogens is 506 g/mol. The second kappa shape index (κ2) is 10.7. The predicted molar refractivity (Wildman–Crippen MR) is 143 cm³/mol. The first kappa shape index (κ1) is 24.8. The van der Waals surface area contributed by atoms with Gasteiger partial charge in [0.15, 0.2) is 11.5 Å². The summed E-state index contributed by atoms with van der Waals surface area (Å²) in [6, 6.07) is 16.3. The van der Waals surface area contributed by atoms with Crippen LogP contribution in [0.15, 0.2) is 67.0 Å². The van der Waals surface area contributed by atoms with Gasteiger partial charge in [-0.15, -0.1) is 0 Å². The number of aromatic nitrogens is 5. The number of aromatic amines is 1. The first-order valence-corrected chi connectivity index (χ1v) is 12.1. The van der Waals surface area contributed by atoms with Crippen molar-refractivity contribution < 1.29 is 14.3 Å². The largest absolute Gasteiger partial charge is 0.462 e. The molecule has 5 rings (SSSR count). The number of esters is 1. The molecule has 5 aromatic rings. The molecule has 0 aliphatic heterocycles. The molecule has 0 unspecified atom stereocenters. The average molecular weight is 528 g/mol. The number of hydrogen-bond donors (Lipinski definition) is 3. The predicted octanol–water partition coefficient (Wildman–Crippen LogP) is 4.42. The molecule has 0 saturated heterocycles. The Morgan fingerprint density at radius 1 is 1.03 bits per heavy atom. The van der Waals surface area contributed by atoms with E-state index in [1.807, 2.05) is 36.4 Å². The minimum atomic E-state index is -0.525. The van der Waals surface area contributed by atoms with Crippen molar-refractivity contribution in [1.82, 2.24) is 30.5 Å². The summed E-state index contributed by atoms with van der Waals surface area (Å²) in [4.78, 5) is 38.4. The Morgan fingerprint density at radius 2 is 1.82 bits per heavy atom. The van der Waals surface area contributed by atoms with Crippen LogP contribution in [0.5, 0.6) is 0 Å². The van der Waals surface area contributed by atoms with Crippen molar-refractivity contribution in [2.75, 3.05) is 12.3 Å². The lowest BCUT2D eigenvalue weighted by atomic mass is 10.0. The van der Waals surface area contributed by atoms with E-state index in [0.29, 0.717) is 38.7 Å². The van der Waals surface area contributed by atoms with Crippen LogP contribution in [0.1, 0.15) is 33.5 Å². The summed E-state index contributed by atoms with van der Waals surface area (Å²) in [5.41, 5.74) is 10.1. The molecule has 3 heterocycles. The van der Waals surface area contributed by atoms with Gasteiger partial charge in [-0.3, -0.25) is 14.9 Å². The van der Waals surface area contributed by atoms with Crippen LogP contribution in [0.4, 0.5) is 5.82 Å². The summed E-state index contributed by atoms with van der Waals surface area (Å²) in [5, 5.41) is 10.9. The van der Waals surface area contributed by atoms with Gasteiger partial charge in [-0.2, -0.15) is 5.10 Å².